The van der Waals surface area contributed by atoms with E-state index in [0.717, 1.165) is 17.7 Å². The number of carbonyl (C=O) groups is 1. The van der Waals surface area contributed by atoms with Crippen LogP contribution in [0.25, 0.3) is 0 Å². The minimum absolute atomic E-state index is 0.0763. The number of aromatic hydroxyl groups is 4. The highest BCUT2D eigenvalue weighted by atomic mass is 16.3. The Hall–Kier alpha value is -3.09. The van der Waals surface area contributed by atoms with Gasteiger partial charge < -0.3 is 31.1 Å². The highest BCUT2D eigenvalue weighted by molar-refractivity contribution is 6.01. The highest BCUT2D eigenvalue weighted by Gasteiger charge is 2.11. The Kier molecular flexibility index (Phi) is 3.75. The number of nitrogens with one attached hydrogen (secondary N) is 2. The normalized spacial score (nSPS) is 10.1. The van der Waals surface area contributed by atoms with Crippen molar-refractivity contribution < 1.29 is 25.2 Å². The van der Waals surface area contributed by atoms with E-state index in [9.17, 15) is 25.2 Å². The van der Waals surface area contributed by atoms with Gasteiger partial charge in [-0.15, -0.1) is 0 Å². The van der Waals surface area contributed by atoms with Gasteiger partial charge in [-0.25, -0.2) is 4.79 Å². The Bertz CT molecular complexity index is 677. The Morgan fingerprint density at radius 2 is 1.52 bits per heavy atom. The first kappa shape index (κ1) is 14.3. The van der Waals surface area contributed by atoms with Gasteiger partial charge >= 0.3 is 6.03 Å². The number of phenols is 4. The number of benzene rings is 2. The number of phenolic OH excluding ortho intramolecular Hbond substituents is 4. The lowest BCUT2D eigenvalue weighted by molar-refractivity contribution is 0.262. The predicted octanol–water partition coefficient (Wildman–Crippen LogP) is 2.46. The first-order valence-corrected chi connectivity index (χ1v) is 5.99. The summed E-state index contributed by atoms with van der Waals surface area (Å²) in [5, 5.41) is 42.3. The molecule has 2 amide bonds. The van der Waals surface area contributed by atoms with E-state index in [1.807, 2.05) is 0 Å². The van der Waals surface area contributed by atoms with Crippen LogP contribution in [0.3, 0.4) is 0 Å². The minimum atomic E-state index is -0.680. The molecule has 2 aromatic carbocycles. The maximum atomic E-state index is 11.8. The van der Waals surface area contributed by atoms with Crippen LogP contribution in [0.1, 0.15) is 5.56 Å². The van der Waals surface area contributed by atoms with Crippen molar-refractivity contribution in [3.63, 3.8) is 0 Å². The molecule has 2 aromatic rings. The maximum absolute atomic E-state index is 11.8. The molecule has 0 bridgehead atoms. The van der Waals surface area contributed by atoms with Crippen LogP contribution in [0.2, 0.25) is 0 Å². The van der Waals surface area contributed by atoms with Crippen LogP contribution in [-0.2, 0) is 0 Å². The van der Waals surface area contributed by atoms with E-state index in [-0.39, 0.29) is 17.1 Å². The lowest BCUT2D eigenvalue weighted by atomic mass is 10.2. The van der Waals surface area contributed by atoms with Crippen molar-refractivity contribution >= 4 is 17.4 Å². The first-order valence-electron chi connectivity index (χ1n) is 5.99. The van der Waals surface area contributed by atoms with Gasteiger partial charge in [0, 0.05) is 12.1 Å². The van der Waals surface area contributed by atoms with Gasteiger partial charge in [-0.1, -0.05) is 6.07 Å². The molecule has 0 aromatic heterocycles. The van der Waals surface area contributed by atoms with Crippen LogP contribution in [0.15, 0.2) is 30.3 Å². The molecule has 2 rings (SSSR count). The molecule has 0 aliphatic carbocycles. The molecule has 0 aliphatic heterocycles. The minimum Gasteiger partial charge on any atom is -0.506 e. The van der Waals surface area contributed by atoms with Gasteiger partial charge in [0.2, 0.25) is 0 Å². The SMILES string of the molecule is Cc1ccc(O)c(NC(=O)Nc2cc(O)c(O)c(O)c2)c1. The summed E-state index contributed by atoms with van der Waals surface area (Å²) in [6, 6.07) is 6.19. The van der Waals surface area contributed by atoms with Crippen LogP contribution in [0.4, 0.5) is 16.2 Å². The summed E-state index contributed by atoms with van der Waals surface area (Å²) in [4.78, 5) is 11.8. The Morgan fingerprint density at radius 3 is 2.14 bits per heavy atom. The summed E-state index contributed by atoms with van der Waals surface area (Å²) in [7, 11) is 0. The van der Waals surface area contributed by atoms with Gasteiger partial charge in [0.1, 0.15) is 5.75 Å². The van der Waals surface area contributed by atoms with E-state index in [0.29, 0.717) is 0 Å². The van der Waals surface area contributed by atoms with Crippen molar-refractivity contribution in [1.29, 1.82) is 0 Å². The van der Waals surface area contributed by atoms with Crippen molar-refractivity contribution in [3.05, 3.63) is 35.9 Å². The predicted molar refractivity (Wildman–Crippen MR) is 76.9 cm³/mol. The third-order valence-electron chi connectivity index (χ3n) is 2.73. The monoisotopic (exact) mass is 290 g/mol. The van der Waals surface area contributed by atoms with E-state index >= 15 is 0 Å². The zero-order chi connectivity index (χ0) is 15.6. The molecule has 0 atom stereocenters. The fraction of sp³-hybridized carbons (Fsp3) is 0.0714. The molecule has 0 unspecified atom stereocenters. The molecule has 0 saturated heterocycles. The molecular weight excluding hydrogens is 276 g/mol. The second-order valence-corrected chi connectivity index (χ2v) is 4.46. The Labute approximate surface area is 120 Å². The van der Waals surface area contributed by atoms with Crippen LogP contribution >= 0.6 is 0 Å². The average molecular weight is 290 g/mol. The second kappa shape index (κ2) is 5.49. The quantitative estimate of drug-likeness (QED) is 0.375. The van der Waals surface area contributed by atoms with Gasteiger partial charge in [-0.3, -0.25) is 0 Å². The van der Waals surface area contributed by atoms with Gasteiger partial charge in [0.25, 0.3) is 0 Å². The topological polar surface area (TPSA) is 122 Å². The number of amides is 2. The summed E-state index contributed by atoms with van der Waals surface area (Å²) in [5.74, 6) is -1.89. The fourth-order valence-corrected chi connectivity index (χ4v) is 1.71. The first-order chi connectivity index (χ1) is 9.86. The fourth-order valence-electron chi connectivity index (χ4n) is 1.71. The summed E-state index contributed by atoms with van der Waals surface area (Å²) < 4.78 is 0. The summed E-state index contributed by atoms with van der Waals surface area (Å²) >= 11 is 0. The Morgan fingerprint density at radius 1 is 0.905 bits per heavy atom. The van der Waals surface area contributed by atoms with Crippen LogP contribution in [0, 0.1) is 6.92 Å². The largest absolute Gasteiger partial charge is 0.506 e. The zero-order valence-corrected chi connectivity index (χ0v) is 11.1. The van der Waals surface area contributed by atoms with E-state index in [4.69, 9.17) is 0 Å². The standard InChI is InChI=1S/C14H14N2O5/c1-7-2-3-10(17)9(4-7)16-14(21)15-8-5-11(18)13(20)12(19)6-8/h2-6,17-20H,1H3,(H2,15,16,21). The maximum Gasteiger partial charge on any atom is 0.323 e. The molecule has 7 nitrogen and oxygen atoms in total. The molecule has 6 N–H and O–H groups in total. The highest BCUT2D eigenvalue weighted by Crippen LogP contribution is 2.37. The molecule has 0 spiro atoms. The number of urea groups is 1. The van der Waals surface area contributed by atoms with Crippen LogP contribution in [0.5, 0.6) is 23.0 Å². The number of carbonyl (C=O) groups excluding carboxylic acids is 1. The van der Waals surface area contributed by atoms with Gasteiger partial charge in [-0.2, -0.15) is 0 Å². The molecule has 0 saturated carbocycles. The van der Waals surface area contributed by atoms with Crippen molar-refractivity contribution in [2.75, 3.05) is 10.6 Å². The molecule has 0 aliphatic rings. The van der Waals surface area contributed by atoms with E-state index in [2.05, 4.69) is 10.6 Å². The van der Waals surface area contributed by atoms with E-state index < -0.39 is 23.3 Å². The van der Waals surface area contributed by atoms with Gasteiger partial charge in [0.15, 0.2) is 17.2 Å². The summed E-state index contributed by atoms with van der Waals surface area (Å²) in [5.41, 5.74) is 1.15. The van der Waals surface area contributed by atoms with E-state index in [1.54, 1.807) is 19.1 Å². The molecule has 0 fully saturated rings. The second-order valence-electron chi connectivity index (χ2n) is 4.46. The third kappa shape index (κ3) is 3.27. The number of aryl methyl sites for hydroxylation is 1. The number of hydrogen-bond acceptors (Lipinski definition) is 5. The summed E-state index contributed by atoms with van der Waals surface area (Å²) in [6.45, 7) is 1.80. The zero-order valence-electron chi connectivity index (χ0n) is 11.1. The molecule has 0 radical (unpaired) electrons. The van der Waals surface area contributed by atoms with E-state index in [1.165, 1.54) is 6.07 Å². The Balaban J connectivity index is 2.13. The molecule has 110 valence electrons. The summed E-state index contributed by atoms with van der Waals surface area (Å²) in [6.07, 6.45) is 0. The number of hydrogen-bond donors (Lipinski definition) is 6. The average Bonchev–Trinajstić information content (AvgIpc) is 2.40. The lowest BCUT2D eigenvalue weighted by Gasteiger charge is -2.11. The van der Waals surface area contributed by atoms with Gasteiger partial charge in [0.05, 0.1) is 11.4 Å². The van der Waals surface area contributed by atoms with Crippen molar-refractivity contribution in [1.82, 2.24) is 0 Å². The smallest absolute Gasteiger partial charge is 0.323 e. The van der Waals surface area contributed by atoms with Crippen molar-refractivity contribution in [2.45, 2.75) is 6.92 Å². The van der Waals surface area contributed by atoms with Crippen molar-refractivity contribution in [3.8, 4) is 23.0 Å². The number of anilines is 2. The van der Waals surface area contributed by atoms with Crippen molar-refractivity contribution in [2.24, 2.45) is 0 Å². The molecule has 0 heterocycles. The lowest BCUT2D eigenvalue weighted by Crippen LogP contribution is -2.19. The van der Waals surface area contributed by atoms with Crippen LogP contribution < -0.4 is 10.6 Å². The molecule has 7 heteroatoms. The third-order valence-corrected chi connectivity index (χ3v) is 2.73. The molecule has 21 heavy (non-hydrogen) atoms. The number of rotatable bonds is 2. The van der Waals surface area contributed by atoms with Crippen LogP contribution in [-0.4, -0.2) is 26.5 Å². The molecular formula is C14H14N2O5. The van der Waals surface area contributed by atoms with Gasteiger partial charge in [-0.05, 0) is 24.6 Å².